The van der Waals surface area contributed by atoms with Crippen molar-refractivity contribution < 1.29 is 14.6 Å². The van der Waals surface area contributed by atoms with Crippen LogP contribution in [0.4, 0.5) is 0 Å². The molecular weight excluding hydrogens is 204 g/mol. The van der Waals surface area contributed by atoms with Crippen molar-refractivity contribution in [3.63, 3.8) is 0 Å². The van der Waals surface area contributed by atoms with E-state index in [1.807, 2.05) is 0 Å². The molecule has 0 amide bonds. The quantitative estimate of drug-likeness (QED) is 0.584. The molecule has 1 N–H and O–H groups in total. The van der Waals surface area contributed by atoms with Crippen LogP contribution in [0, 0.1) is 5.41 Å². The van der Waals surface area contributed by atoms with E-state index in [2.05, 4.69) is 6.92 Å². The van der Waals surface area contributed by atoms with Gasteiger partial charge in [0, 0.05) is 13.2 Å². The highest BCUT2D eigenvalue weighted by atomic mass is 16.5. The fourth-order valence-electron chi connectivity index (χ4n) is 1.43. The fourth-order valence-corrected chi connectivity index (χ4v) is 1.43. The van der Waals surface area contributed by atoms with Crippen molar-refractivity contribution in [1.29, 1.82) is 0 Å². The Morgan fingerprint density at radius 2 is 1.69 bits per heavy atom. The zero-order chi connectivity index (χ0) is 12.4. The molecule has 0 saturated carbocycles. The third kappa shape index (κ3) is 7.69. The maximum Gasteiger partial charge on any atom is 0.309 e. The summed E-state index contributed by atoms with van der Waals surface area (Å²) in [4.78, 5) is 10.8. The Morgan fingerprint density at radius 1 is 1.12 bits per heavy atom. The van der Waals surface area contributed by atoms with Gasteiger partial charge in [0.05, 0.1) is 5.41 Å². The Hall–Kier alpha value is -0.570. The molecule has 0 aliphatic heterocycles. The van der Waals surface area contributed by atoms with E-state index < -0.39 is 11.4 Å². The molecule has 0 saturated heterocycles. The van der Waals surface area contributed by atoms with Crippen LogP contribution in [0.2, 0.25) is 0 Å². The number of hydrogen-bond donors (Lipinski definition) is 1. The van der Waals surface area contributed by atoms with E-state index in [0.717, 1.165) is 38.9 Å². The van der Waals surface area contributed by atoms with Gasteiger partial charge < -0.3 is 9.84 Å². The third-order valence-corrected chi connectivity index (χ3v) is 2.81. The molecule has 0 aliphatic rings. The molecule has 0 rings (SSSR count). The molecule has 3 nitrogen and oxygen atoms in total. The summed E-state index contributed by atoms with van der Waals surface area (Å²) in [5.74, 6) is -0.712. The highest BCUT2D eigenvalue weighted by molar-refractivity contribution is 5.73. The van der Waals surface area contributed by atoms with Gasteiger partial charge in [0.15, 0.2) is 0 Å². The number of unbranched alkanes of at least 4 members (excludes halogenated alkanes) is 3. The van der Waals surface area contributed by atoms with E-state index >= 15 is 0 Å². The highest BCUT2D eigenvalue weighted by Crippen LogP contribution is 2.23. The predicted octanol–water partition coefficient (Wildman–Crippen LogP) is 3.47. The van der Waals surface area contributed by atoms with Gasteiger partial charge in [0.1, 0.15) is 0 Å². The van der Waals surface area contributed by atoms with Gasteiger partial charge in [-0.15, -0.1) is 0 Å². The molecule has 0 radical (unpaired) electrons. The average Bonchev–Trinajstić information content (AvgIpc) is 2.21. The zero-order valence-electron chi connectivity index (χ0n) is 10.9. The Balaban J connectivity index is 3.30. The topological polar surface area (TPSA) is 46.5 Å². The van der Waals surface area contributed by atoms with Crippen molar-refractivity contribution in [2.45, 2.75) is 59.3 Å². The predicted molar refractivity (Wildman–Crippen MR) is 65.6 cm³/mol. The van der Waals surface area contributed by atoms with Crippen LogP contribution in [0.3, 0.4) is 0 Å². The molecule has 0 fully saturated rings. The SMILES string of the molecule is CCCCCOCCCCC(C)(C)C(=O)O. The van der Waals surface area contributed by atoms with Crippen molar-refractivity contribution in [3.05, 3.63) is 0 Å². The van der Waals surface area contributed by atoms with E-state index in [-0.39, 0.29) is 0 Å². The van der Waals surface area contributed by atoms with Gasteiger partial charge in [0.25, 0.3) is 0 Å². The Morgan fingerprint density at radius 3 is 2.19 bits per heavy atom. The lowest BCUT2D eigenvalue weighted by Gasteiger charge is -2.18. The summed E-state index contributed by atoms with van der Waals surface area (Å²) in [6, 6.07) is 0. The minimum atomic E-state index is -0.712. The first-order chi connectivity index (χ1) is 7.50. The van der Waals surface area contributed by atoms with Crippen LogP contribution in [0.15, 0.2) is 0 Å². The van der Waals surface area contributed by atoms with Crippen LogP contribution in [0.1, 0.15) is 59.3 Å². The normalized spacial score (nSPS) is 11.7. The molecule has 0 heterocycles. The minimum Gasteiger partial charge on any atom is -0.481 e. The number of rotatable bonds is 10. The van der Waals surface area contributed by atoms with Crippen LogP contribution in [0.5, 0.6) is 0 Å². The largest absolute Gasteiger partial charge is 0.481 e. The van der Waals surface area contributed by atoms with Gasteiger partial charge in [-0.25, -0.2) is 0 Å². The summed E-state index contributed by atoms with van der Waals surface area (Å²) >= 11 is 0. The van der Waals surface area contributed by atoms with E-state index in [9.17, 15) is 4.79 Å². The van der Waals surface area contributed by atoms with E-state index in [4.69, 9.17) is 9.84 Å². The maximum atomic E-state index is 10.8. The summed E-state index contributed by atoms with van der Waals surface area (Å²) in [6.07, 6.45) is 6.19. The van der Waals surface area contributed by atoms with Crippen molar-refractivity contribution in [3.8, 4) is 0 Å². The molecular formula is C13H26O3. The van der Waals surface area contributed by atoms with Crippen molar-refractivity contribution >= 4 is 5.97 Å². The number of carboxylic acids is 1. The lowest BCUT2D eigenvalue weighted by molar-refractivity contribution is -0.147. The van der Waals surface area contributed by atoms with Crippen molar-refractivity contribution in [1.82, 2.24) is 0 Å². The lowest BCUT2D eigenvalue weighted by atomic mass is 9.87. The van der Waals surface area contributed by atoms with Gasteiger partial charge in [-0.05, 0) is 33.1 Å². The maximum absolute atomic E-state index is 10.8. The summed E-state index contributed by atoms with van der Waals surface area (Å²) < 4.78 is 5.46. The highest BCUT2D eigenvalue weighted by Gasteiger charge is 2.25. The Bertz CT molecular complexity index is 188. The van der Waals surface area contributed by atoms with Crippen LogP contribution in [-0.2, 0) is 9.53 Å². The lowest BCUT2D eigenvalue weighted by Crippen LogP contribution is -2.23. The first kappa shape index (κ1) is 15.4. The molecule has 0 spiro atoms. The molecule has 0 atom stereocenters. The number of ether oxygens (including phenoxy) is 1. The van der Waals surface area contributed by atoms with Gasteiger partial charge in [0.2, 0.25) is 0 Å². The van der Waals surface area contributed by atoms with Gasteiger partial charge in [-0.2, -0.15) is 0 Å². The number of carbonyl (C=O) groups is 1. The molecule has 0 unspecified atom stereocenters. The van der Waals surface area contributed by atoms with E-state index in [1.165, 1.54) is 12.8 Å². The third-order valence-electron chi connectivity index (χ3n) is 2.81. The Kier molecular flexibility index (Phi) is 8.26. The summed E-state index contributed by atoms with van der Waals surface area (Å²) in [6.45, 7) is 7.33. The summed E-state index contributed by atoms with van der Waals surface area (Å²) in [5, 5.41) is 8.91. The second-order valence-electron chi connectivity index (χ2n) is 4.97. The molecule has 96 valence electrons. The zero-order valence-corrected chi connectivity index (χ0v) is 10.9. The monoisotopic (exact) mass is 230 g/mol. The second-order valence-corrected chi connectivity index (χ2v) is 4.97. The van der Waals surface area contributed by atoms with Crippen molar-refractivity contribution in [2.24, 2.45) is 5.41 Å². The Labute approximate surface area is 99.2 Å². The van der Waals surface area contributed by atoms with Crippen LogP contribution in [0.25, 0.3) is 0 Å². The summed E-state index contributed by atoms with van der Waals surface area (Å²) in [7, 11) is 0. The van der Waals surface area contributed by atoms with Crippen LogP contribution in [-0.4, -0.2) is 24.3 Å². The van der Waals surface area contributed by atoms with Gasteiger partial charge in [-0.1, -0.05) is 26.2 Å². The molecule has 16 heavy (non-hydrogen) atoms. The molecule has 0 aliphatic carbocycles. The second kappa shape index (κ2) is 8.57. The number of aliphatic carboxylic acids is 1. The first-order valence-electron chi connectivity index (χ1n) is 6.32. The summed E-state index contributed by atoms with van der Waals surface area (Å²) in [5.41, 5.74) is -0.595. The van der Waals surface area contributed by atoms with E-state index in [1.54, 1.807) is 13.8 Å². The fraction of sp³-hybridized carbons (Fsp3) is 0.923. The average molecular weight is 230 g/mol. The molecule has 0 aromatic heterocycles. The van der Waals surface area contributed by atoms with Gasteiger partial charge in [-0.3, -0.25) is 4.79 Å². The standard InChI is InChI=1S/C13H26O3/c1-4-5-7-10-16-11-8-6-9-13(2,3)12(14)15/h4-11H2,1-3H3,(H,14,15). The van der Waals surface area contributed by atoms with Crippen LogP contribution >= 0.6 is 0 Å². The van der Waals surface area contributed by atoms with Crippen LogP contribution < -0.4 is 0 Å². The molecule has 0 bridgehead atoms. The number of hydrogen-bond acceptors (Lipinski definition) is 2. The van der Waals surface area contributed by atoms with Gasteiger partial charge >= 0.3 is 5.97 Å². The molecule has 0 aromatic carbocycles. The minimum absolute atomic E-state index is 0.595. The number of carboxylic acid groups (broad SMARTS) is 1. The smallest absolute Gasteiger partial charge is 0.309 e. The molecule has 0 aromatic rings. The van der Waals surface area contributed by atoms with Crippen molar-refractivity contribution in [2.75, 3.05) is 13.2 Å². The first-order valence-corrected chi connectivity index (χ1v) is 6.32. The molecule has 3 heteroatoms. The van der Waals surface area contributed by atoms with E-state index in [0.29, 0.717) is 0 Å².